The number of thioether (sulfide) groups is 2. The number of thiocarbonyl (C=S) groups is 2. The Morgan fingerprint density at radius 2 is 1.16 bits per heavy atom. The Bertz CT molecular complexity index is 1210. The summed E-state index contributed by atoms with van der Waals surface area (Å²) in [7, 11) is 0. The monoisotopic (exact) mass is 586 g/mol. The van der Waals surface area contributed by atoms with Gasteiger partial charge in [0.2, 0.25) is 11.8 Å². The molecule has 2 N–H and O–H groups in total. The zero-order valence-corrected chi connectivity index (χ0v) is 23.2. The summed E-state index contributed by atoms with van der Waals surface area (Å²) < 4.78 is 0.651. The van der Waals surface area contributed by atoms with Gasteiger partial charge in [0.15, 0.2) is 0 Å². The summed E-state index contributed by atoms with van der Waals surface area (Å²) in [5, 5.41) is 5.40. The molecular weight excluding hydrogens is 565 g/mol. The van der Waals surface area contributed by atoms with Gasteiger partial charge in [-0.1, -0.05) is 60.1 Å². The first-order valence-corrected chi connectivity index (χ1v) is 14.0. The van der Waals surface area contributed by atoms with Gasteiger partial charge in [-0.15, -0.1) is 0 Å². The molecule has 4 rings (SSSR count). The highest BCUT2D eigenvalue weighted by Gasteiger charge is 2.41. The number of pyridine rings is 2. The molecular formula is C24H22N6O4S4. The molecule has 0 bridgehead atoms. The van der Waals surface area contributed by atoms with Crippen LogP contribution in [-0.4, -0.2) is 65.1 Å². The second kappa shape index (κ2) is 13.0. The number of hydrogen-bond donors (Lipinski definition) is 2. The zero-order valence-electron chi connectivity index (χ0n) is 19.9. The molecule has 0 atom stereocenters. The lowest BCUT2D eigenvalue weighted by Crippen LogP contribution is -2.31. The lowest BCUT2D eigenvalue weighted by Gasteiger charge is -2.14. The quantitative estimate of drug-likeness (QED) is 0.316. The molecule has 196 valence electrons. The molecule has 0 spiro atoms. The normalized spacial score (nSPS) is 17.4. The number of hydrogen-bond acceptors (Lipinski definition) is 10. The van der Waals surface area contributed by atoms with Gasteiger partial charge >= 0.3 is 0 Å². The van der Waals surface area contributed by atoms with Crippen molar-refractivity contribution < 1.29 is 19.2 Å². The van der Waals surface area contributed by atoms with Crippen LogP contribution >= 0.6 is 48.0 Å². The van der Waals surface area contributed by atoms with E-state index in [0.717, 1.165) is 23.5 Å². The largest absolute Gasteiger partial charge is 0.311 e. The van der Waals surface area contributed by atoms with Crippen LogP contribution in [0.4, 0.5) is 11.6 Å². The van der Waals surface area contributed by atoms with Crippen LogP contribution in [0.25, 0.3) is 0 Å². The maximum atomic E-state index is 13.1. The van der Waals surface area contributed by atoms with Gasteiger partial charge in [0.05, 0.1) is 9.81 Å². The summed E-state index contributed by atoms with van der Waals surface area (Å²) in [6.45, 7) is 0.491. The molecule has 2 saturated heterocycles. The van der Waals surface area contributed by atoms with Crippen molar-refractivity contribution in [3.05, 3.63) is 58.6 Å². The van der Waals surface area contributed by atoms with Crippen LogP contribution in [0.1, 0.15) is 25.7 Å². The highest BCUT2D eigenvalue weighted by atomic mass is 32.2. The number of carbonyl (C=O) groups is 4. The van der Waals surface area contributed by atoms with Gasteiger partial charge in [0.25, 0.3) is 11.8 Å². The molecule has 0 unspecified atom stereocenters. The third kappa shape index (κ3) is 7.01. The summed E-state index contributed by atoms with van der Waals surface area (Å²) in [5.74, 6) is -0.272. The lowest BCUT2D eigenvalue weighted by atomic mass is 10.2. The molecule has 2 aliphatic rings. The van der Waals surface area contributed by atoms with E-state index >= 15 is 0 Å². The molecule has 14 heteroatoms. The Kier molecular flexibility index (Phi) is 9.55. The van der Waals surface area contributed by atoms with Crippen LogP contribution < -0.4 is 10.6 Å². The summed E-state index contributed by atoms with van der Waals surface area (Å²) in [4.78, 5) is 61.8. The van der Waals surface area contributed by atoms with Crippen molar-refractivity contribution in [1.29, 1.82) is 0 Å². The van der Waals surface area contributed by atoms with Gasteiger partial charge in [0, 0.05) is 38.3 Å². The third-order valence-corrected chi connectivity index (χ3v) is 8.37. The maximum absolute atomic E-state index is 13.1. The van der Waals surface area contributed by atoms with Gasteiger partial charge < -0.3 is 10.6 Å². The fourth-order valence-corrected chi connectivity index (χ4v) is 6.31. The van der Waals surface area contributed by atoms with Crippen LogP contribution in [0, 0.1) is 0 Å². The minimum Gasteiger partial charge on any atom is -0.311 e. The Morgan fingerprint density at radius 3 is 1.53 bits per heavy atom. The first-order chi connectivity index (χ1) is 18.3. The first-order valence-electron chi connectivity index (χ1n) is 11.6. The summed E-state index contributed by atoms with van der Waals surface area (Å²) in [5.41, 5.74) is 0. The fourth-order valence-electron chi connectivity index (χ4n) is 3.54. The molecule has 4 heterocycles. The highest BCUT2D eigenvalue weighted by Crippen LogP contribution is 2.42. The molecule has 2 aromatic rings. The van der Waals surface area contributed by atoms with Gasteiger partial charge in [-0.3, -0.25) is 29.0 Å². The van der Waals surface area contributed by atoms with Crippen molar-refractivity contribution in [1.82, 2.24) is 19.8 Å². The van der Waals surface area contributed by atoms with E-state index in [9.17, 15) is 19.2 Å². The molecule has 4 amide bonds. The summed E-state index contributed by atoms with van der Waals surface area (Å²) >= 11 is 12.9. The molecule has 0 saturated carbocycles. The molecule has 0 aliphatic carbocycles. The van der Waals surface area contributed by atoms with Crippen molar-refractivity contribution in [2.75, 3.05) is 23.7 Å². The Balaban J connectivity index is 1.28. The number of nitrogens with zero attached hydrogens (tertiary/aromatic N) is 4. The molecule has 2 aromatic heterocycles. The average Bonchev–Trinajstić information content (AvgIpc) is 3.34. The number of amides is 4. The molecule has 2 aliphatic heterocycles. The number of anilines is 2. The minimum atomic E-state index is -0.375. The lowest BCUT2D eigenvalue weighted by molar-refractivity contribution is -0.124. The second-order valence-corrected chi connectivity index (χ2v) is 11.3. The van der Waals surface area contributed by atoms with Crippen molar-refractivity contribution in [3.63, 3.8) is 0 Å². The summed E-state index contributed by atoms with van der Waals surface area (Å²) in [6.07, 6.45) is 4.30. The van der Waals surface area contributed by atoms with Crippen molar-refractivity contribution >= 4 is 91.9 Å². The average molecular weight is 587 g/mol. The number of rotatable bonds is 10. The van der Waals surface area contributed by atoms with E-state index in [4.69, 9.17) is 24.4 Å². The Morgan fingerprint density at radius 1 is 0.737 bits per heavy atom. The van der Waals surface area contributed by atoms with Gasteiger partial charge in [0.1, 0.15) is 20.3 Å². The van der Waals surface area contributed by atoms with Gasteiger partial charge in [-0.05, 0) is 37.1 Å². The van der Waals surface area contributed by atoms with Crippen LogP contribution in [0.3, 0.4) is 0 Å². The van der Waals surface area contributed by atoms with E-state index in [0.29, 0.717) is 33.1 Å². The highest BCUT2D eigenvalue weighted by molar-refractivity contribution is 8.29. The van der Waals surface area contributed by atoms with Crippen LogP contribution in [-0.2, 0) is 19.2 Å². The SMILES string of the molecule is O=C(CCCN1C(=O)C(=C2SC(=S)N(CCCC(=O)Nc3ccccn3)C2=O)SC1=S)Nc1ccccn1. The van der Waals surface area contributed by atoms with Crippen molar-refractivity contribution in [2.24, 2.45) is 0 Å². The Labute approximate surface area is 238 Å². The molecule has 38 heavy (non-hydrogen) atoms. The fraction of sp³-hybridized carbons (Fsp3) is 0.250. The van der Waals surface area contributed by atoms with E-state index in [1.165, 1.54) is 9.80 Å². The van der Waals surface area contributed by atoms with Gasteiger partial charge in [-0.25, -0.2) is 9.97 Å². The second-order valence-electron chi connectivity index (χ2n) is 8.04. The van der Waals surface area contributed by atoms with E-state index in [1.54, 1.807) is 48.8 Å². The topological polar surface area (TPSA) is 125 Å². The molecule has 10 nitrogen and oxygen atoms in total. The maximum Gasteiger partial charge on any atom is 0.267 e. The summed E-state index contributed by atoms with van der Waals surface area (Å²) in [6, 6.07) is 10.4. The molecule has 0 aromatic carbocycles. The zero-order chi connectivity index (χ0) is 27.1. The van der Waals surface area contributed by atoms with Crippen molar-refractivity contribution in [3.8, 4) is 0 Å². The third-order valence-electron chi connectivity index (χ3n) is 5.34. The Hall–Kier alpha value is -3.20. The minimum absolute atomic E-state index is 0.180. The number of nitrogens with one attached hydrogen (secondary N) is 2. The van der Waals surface area contributed by atoms with E-state index in [-0.39, 0.29) is 59.4 Å². The van der Waals surface area contributed by atoms with E-state index in [1.807, 2.05) is 0 Å². The number of carbonyl (C=O) groups excluding carboxylic acids is 4. The number of aromatic nitrogens is 2. The van der Waals surface area contributed by atoms with Crippen LogP contribution in [0.15, 0.2) is 58.6 Å². The van der Waals surface area contributed by atoms with E-state index in [2.05, 4.69) is 20.6 Å². The van der Waals surface area contributed by atoms with Crippen molar-refractivity contribution in [2.45, 2.75) is 25.7 Å². The smallest absolute Gasteiger partial charge is 0.267 e. The standard InChI is InChI=1S/C24H22N6O4S4/c31-17(27-15-7-1-3-11-25-15)9-5-13-29-21(33)19(37-23(29)35)20-22(34)30(24(36)38-20)14-6-10-18(32)28-16-8-2-4-12-26-16/h1-4,7-8,11-12H,5-6,9-10,13-14H2,(H,25,27,31)(H,26,28,32). The molecule has 0 radical (unpaired) electrons. The molecule has 2 fully saturated rings. The van der Waals surface area contributed by atoms with Gasteiger partial charge in [-0.2, -0.15) is 0 Å². The van der Waals surface area contributed by atoms with Crippen LogP contribution in [0.5, 0.6) is 0 Å². The predicted octanol–water partition coefficient (Wildman–Crippen LogP) is 3.55. The van der Waals surface area contributed by atoms with E-state index < -0.39 is 0 Å². The predicted molar refractivity (Wildman–Crippen MR) is 155 cm³/mol. The first kappa shape index (κ1) is 27.8. The van der Waals surface area contributed by atoms with Crippen LogP contribution in [0.2, 0.25) is 0 Å².